The summed E-state index contributed by atoms with van der Waals surface area (Å²) < 4.78 is 14.2. The molecule has 25 heavy (non-hydrogen) atoms. The number of aromatic amines is 1. The molecule has 7 heteroatoms. The predicted octanol–water partition coefficient (Wildman–Crippen LogP) is 3.91. The highest BCUT2D eigenvalue weighted by molar-refractivity contribution is 6.31. The molecule has 0 bridgehead atoms. The summed E-state index contributed by atoms with van der Waals surface area (Å²) >= 11 is 6.03. The average Bonchev–Trinajstić information content (AvgIpc) is 3.02. The van der Waals surface area contributed by atoms with Crippen LogP contribution in [-0.2, 0) is 6.42 Å². The lowest BCUT2D eigenvalue weighted by atomic mass is 9.83. The molecule has 0 aromatic carbocycles. The lowest BCUT2D eigenvalue weighted by Gasteiger charge is -2.27. The van der Waals surface area contributed by atoms with Crippen LogP contribution in [0.15, 0.2) is 24.7 Å². The molecule has 130 valence electrons. The number of pyridine rings is 1. The lowest BCUT2D eigenvalue weighted by molar-refractivity contribution is 0.0690. The molecule has 3 aromatic rings. The minimum atomic E-state index is -0.433. The van der Waals surface area contributed by atoms with Gasteiger partial charge in [-0.3, -0.25) is 0 Å². The Morgan fingerprint density at radius 2 is 2.08 bits per heavy atom. The van der Waals surface area contributed by atoms with Gasteiger partial charge in [-0.1, -0.05) is 24.4 Å². The van der Waals surface area contributed by atoms with E-state index >= 15 is 0 Å². The fourth-order valence-corrected chi connectivity index (χ4v) is 3.67. The number of hydrogen-bond donors (Lipinski definition) is 2. The third-order valence-corrected chi connectivity index (χ3v) is 5.09. The molecule has 2 unspecified atom stereocenters. The van der Waals surface area contributed by atoms with Crippen molar-refractivity contribution in [3.05, 3.63) is 41.2 Å². The summed E-state index contributed by atoms with van der Waals surface area (Å²) in [6.45, 7) is 0. The summed E-state index contributed by atoms with van der Waals surface area (Å²) in [5.41, 5.74) is 1.76. The van der Waals surface area contributed by atoms with Crippen molar-refractivity contribution < 1.29 is 9.50 Å². The van der Waals surface area contributed by atoms with Crippen molar-refractivity contribution in [2.75, 3.05) is 0 Å². The zero-order valence-electron chi connectivity index (χ0n) is 13.5. The fraction of sp³-hybridized carbons (Fsp3) is 0.389. The van der Waals surface area contributed by atoms with Gasteiger partial charge in [0.1, 0.15) is 5.65 Å². The Kier molecular flexibility index (Phi) is 4.39. The molecule has 2 atom stereocenters. The van der Waals surface area contributed by atoms with E-state index in [2.05, 4.69) is 19.9 Å². The summed E-state index contributed by atoms with van der Waals surface area (Å²) in [6, 6.07) is 1.78. The number of nitrogens with zero attached hydrogens (tertiary/aromatic N) is 3. The first-order chi connectivity index (χ1) is 12.1. The Bertz CT molecular complexity index is 913. The topological polar surface area (TPSA) is 74.7 Å². The minimum absolute atomic E-state index is 0.0464. The second kappa shape index (κ2) is 6.69. The molecule has 0 amide bonds. The SMILES string of the molecule is OC1CCCCC1Cc1nc(-c2c[nH]c3ncc(Cl)cc23)ncc1F. The molecule has 2 N–H and O–H groups in total. The molecule has 3 aromatic heterocycles. The maximum absolute atomic E-state index is 14.2. The van der Waals surface area contributed by atoms with Crippen LogP contribution >= 0.6 is 11.6 Å². The zero-order chi connectivity index (χ0) is 17.4. The molecule has 1 saturated carbocycles. The number of halogens is 2. The first-order valence-electron chi connectivity index (χ1n) is 8.44. The number of aliphatic hydroxyl groups excluding tert-OH is 1. The van der Waals surface area contributed by atoms with E-state index in [1.54, 1.807) is 18.5 Å². The molecule has 0 saturated heterocycles. The van der Waals surface area contributed by atoms with E-state index in [1.807, 2.05) is 0 Å². The van der Waals surface area contributed by atoms with Crippen LogP contribution < -0.4 is 0 Å². The van der Waals surface area contributed by atoms with Gasteiger partial charge in [-0.05, 0) is 31.2 Å². The quantitative estimate of drug-likeness (QED) is 0.742. The fourth-order valence-electron chi connectivity index (χ4n) is 3.51. The smallest absolute Gasteiger partial charge is 0.163 e. The van der Waals surface area contributed by atoms with Gasteiger partial charge in [-0.25, -0.2) is 19.3 Å². The van der Waals surface area contributed by atoms with Crippen molar-refractivity contribution in [1.29, 1.82) is 0 Å². The molecule has 4 rings (SSSR count). The highest BCUT2D eigenvalue weighted by Gasteiger charge is 2.25. The monoisotopic (exact) mass is 360 g/mol. The third kappa shape index (κ3) is 3.24. The number of aromatic nitrogens is 4. The molecule has 0 aliphatic heterocycles. The molecule has 3 heterocycles. The molecule has 0 radical (unpaired) electrons. The van der Waals surface area contributed by atoms with Gasteiger partial charge in [0.15, 0.2) is 11.6 Å². The Hall–Kier alpha value is -2.05. The zero-order valence-corrected chi connectivity index (χ0v) is 14.3. The number of aliphatic hydroxyl groups is 1. The summed E-state index contributed by atoms with van der Waals surface area (Å²) in [6.07, 6.45) is 8.30. The Morgan fingerprint density at radius 1 is 1.24 bits per heavy atom. The van der Waals surface area contributed by atoms with Gasteiger partial charge in [0.2, 0.25) is 0 Å². The molecule has 5 nitrogen and oxygen atoms in total. The second-order valence-corrected chi connectivity index (χ2v) is 6.99. The van der Waals surface area contributed by atoms with E-state index in [9.17, 15) is 9.50 Å². The van der Waals surface area contributed by atoms with Crippen molar-refractivity contribution in [3.8, 4) is 11.4 Å². The maximum atomic E-state index is 14.2. The van der Waals surface area contributed by atoms with E-state index in [0.29, 0.717) is 28.6 Å². The van der Waals surface area contributed by atoms with Crippen LogP contribution in [0.25, 0.3) is 22.4 Å². The van der Waals surface area contributed by atoms with Gasteiger partial charge in [0, 0.05) is 23.3 Å². The molecule has 1 fully saturated rings. The predicted molar refractivity (Wildman–Crippen MR) is 93.8 cm³/mol. The van der Waals surface area contributed by atoms with Crippen LogP contribution in [0.2, 0.25) is 5.02 Å². The molecule has 1 aliphatic carbocycles. The van der Waals surface area contributed by atoms with Crippen molar-refractivity contribution in [2.24, 2.45) is 5.92 Å². The van der Waals surface area contributed by atoms with Crippen LogP contribution in [0.1, 0.15) is 31.4 Å². The Labute approximate surface area is 149 Å². The number of hydrogen-bond acceptors (Lipinski definition) is 4. The van der Waals surface area contributed by atoms with Crippen LogP contribution in [0, 0.1) is 11.7 Å². The third-order valence-electron chi connectivity index (χ3n) is 4.88. The van der Waals surface area contributed by atoms with Gasteiger partial charge in [-0.15, -0.1) is 0 Å². The summed E-state index contributed by atoms with van der Waals surface area (Å²) in [7, 11) is 0. The minimum Gasteiger partial charge on any atom is -0.393 e. The van der Waals surface area contributed by atoms with Crippen LogP contribution in [0.3, 0.4) is 0 Å². The van der Waals surface area contributed by atoms with E-state index in [1.165, 1.54) is 6.20 Å². The first-order valence-corrected chi connectivity index (χ1v) is 8.82. The normalized spacial score (nSPS) is 20.9. The van der Waals surface area contributed by atoms with E-state index in [0.717, 1.165) is 36.6 Å². The van der Waals surface area contributed by atoms with E-state index in [-0.39, 0.29) is 12.0 Å². The summed E-state index contributed by atoms with van der Waals surface area (Å²) in [5.74, 6) is 0.0413. The molecular formula is C18H18ClFN4O. The number of rotatable bonds is 3. The van der Waals surface area contributed by atoms with E-state index < -0.39 is 5.82 Å². The Morgan fingerprint density at radius 3 is 2.92 bits per heavy atom. The highest BCUT2D eigenvalue weighted by Crippen LogP contribution is 2.30. The number of H-pyrrole nitrogens is 1. The van der Waals surface area contributed by atoms with Crippen molar-refractivity contribution in [3.63, 3.8) is 0 Å². The van der Waals surface area contributed by atoms with Crippen molar-refractivity contribution in [2.45, 2.75) is 38.2 Å². The van der Waals surface area contributed by atoms with Crippen LogP contribution in [0.4, 0.5) is 4.39 Å². The first kappa shape index (κ1) is 16.4. The lowest BCUT2D eigenvalue weighted by Crippen LogP contribution is -2.27. The Balaban J connectivity index is 1.70. The second-order valence-electron chi connectivity index (χ2n) is 6.56. The molecule has 1 aliphatic rings. The highest BCUT2D eigenvalue weighted by atomic mass is 35.5. The average molecular weight is 361 g/mol. The van der Waals surface area contributed by atoms with Crippen molar-refractivity contribution in [1.82, 2.24) is 19.9 Å². The van der Waals surface area contributed by atoms with Crippen LogP contribution in [0.5, 0.6) is 0 Å². The van der Waals surface area contributed by atoms with Gasteiger partial charge in [-0.2, -0.15) is 0 Å². The van der Waals surface area contributed by atoms with Gasteiger partial charge in [0.05, 0.1) is 23.0 Å². The van der Waals surface area contributed by atoms with E-state index in [4.69, 9.17) is 11.6 Å². The van der Waals surface area contributed by atoms with Crippen molar-refractivity contribution >= 4 is 22.6 Å². The summed E-state index contributed by atoms with van der Waals surface area (Å²) in [4.78, 5) is 15.8. The number of nitrogens with one attached hydrogen (secondary N) is 1. The van der Waals surface area contributed by atoms with Gasteiger partial charge in [0.25, 0.3) is 0 Å². The van der Waals surface area contributed by atoms with Crippen LogP contribution in [-0.4, -0.2) is 31.1 Å². The largest absolute Gasteiger partial charge is 0.393 e. The van der Waals surface area contributed by atoms with Gasteiger partial charge < -0.3 is 10.1 Å². The maximum Gasteiger partial charge on any atom is 0.163 e. The number of fused-ring (bicyclic) bond motifs is 1. The summed E-state index contributed by atoms with van der Waals surface area (Å²) in [5, 5.41) is 11.5. The molecule has 0 spiro atoms. The van der Waals surface area contributed by atoms with Gasteiger partial charge >= 0.3 is 0 Å². The standard InChI is InChI=1S/C18H18ClFN4O/c19-11-6-12-13(8-22-17(12)21-7-11)18-23-9-14(20)15(24-18)5-10-3-1-2-4-16(10)25/h6-10,16,25H,1-5H2,(H,21,22). The molecular weight excluding hydrogens is 343 g/mol.